The summed E-state index contributed by atoms with van der Waals surface area (Å²) in [5.74, 6) is 1.93. The van der Waals surface area contributed by atoms with E-state index in [0.717, 1.165) is 25.9 Å². The van der Waals surface area contributed by atoms with Crippen molar-refractivity contribution in [3.05, 3.63) is 30.3 Å². The molecular formula is C18H28N2OS. The summed E-state index contributed by atoms with van der Waals surface area (Å²) in [4.78, 5) is 15.4. The molecular weight excluding hydrogens is 292 g/mol. The molecule has 1 N–H and O–H groups in total. The summed E-state index contributed by atoms with van der Waals surface area (Å²) in [6.07, 6.45) is 4.23. The summed E-state index contributed by atoms with van der Waals surface area (Å²) < 4.78 is 0. The van der Waals surface area contributed by atoms with Gasteiger partial charge in [-0.25, -0.2) is 0 Å². The van der Waals surface area contributed by atoms with Gasteiger partial charge in [0.2, 0.25) is 5.91 Å². The van der Waals surface area contributed by atoms with Gasteiger partial charge in [-0.05, 0) is 63.1 Å². The Morgan fingerprint density at radius 1 is 1.32 bits per heavy atom. The van der Waals surface area contributed by atoms with Crippen LogP contribution in [0.15, 0.2) is 35.2 Å². The maximum atomic E-state index is 11.4. The quantitative estimate of drug-likeness (QED) is 0.782. The van der Waals surface area contributed by atoms with Crippen LogP contribution in [0.4, 0.5) is 0 Å². The van der Waals surface area contributed by atoms with Gasteiger partial charge in [0.05, 0.1) is 0 Å². The molecule has 4 heteroatoms. The zero-order chi connectivity index (χ0) is 15.8. The topological polar surface area (TPSA) is 32.3 Å². The lowest BCUT2D eigenvalue weighted by Gasteiger charge is -2.36. The Bertz CT molecular complexity index is 444. The van der Waals surface area contributed by atoms with Crippen LogP contribution < -0.4 is 5.32 Å². The normalized spacial score (nSPS) is 18.1. The first-order chi connectivity index (χ1) is 10.7. The van der Waals surface area contributed by atoms with Crippen molar-refractivity contribution in [3.8, 4) is 0 Å². The Balaban J connectivity index is 1.64. The molecule has 122 valence electrons. The number of nitrogens with one attached hydrogen (secondary N) is 1. The number of nitrogens with zero attached hydrogens (tertiary/aromatic N) is 1. The molecule has 1 aliphatic rings. The summed E-state index contributed by atoms with van der Waals surface area (Å²) >= 11 is 1.95. The molecule has 2 rings (SSSR count). The number of hydrogen-bond acceptors (Lipinski definition) is 3. The molecule has 1 fully saturated rings. The predicted octanol–water partition coefficient (Wildman–Crippen LogP) is 3.41. The average molecular weight is 321 g/mol. The SMILES string of the molecule is CNC(=O)CC1CCN([C@H](C)CCSc2ccccc2)CC1. The van der Waals surface area contributed by atoms with Gasteiger partial charge in [0.25, 0.3) is 0 Å². The van der Waals surface area contributed by atoms with Crippen molar-refractivity contribution < 1.29 is 4.79 Å². The van der Waals surface area contributed by atoms with E-state index in [-0.39, 0.29) is 5.91 Å². The third kappa shape index (κ3) is 5.65. The summed E-state index contributed by atoms with van der Waals surface area (Å²) in [6, 6.07) is 11.3. The number of piperidine rings is 1. The van der Waals surface area contributed by atoms with Crippen molar-refractivity contribution in [1.29, 1.82) is 0 Å². The molecule has 0 bridgehead atoms. The maximum Gasteiger partial charge on any atom is 0.220 e. The molecule has 0 saturated carbocycles. The van der Waals surface area contributed by atoms with Crippen LogP contribution in [0.25, 0.3) is 0 Å². The molecule has 22 heavy (non-hydrogen) atoms. The van der Waals surface area contributed by atoms with Crippen LogP contribution in [-0.2, 0) is 4.79 Å². The smallest absolute Gasteiger partial charge is 0.220 e. The van der Waals surface area contributed by atoms with E-state index in [0.29, 0.717) is 18.4 Å². The van der Waals surface area contributed by atoms with E-state index in [1.807, 2.05) is 11.8 Å². The fourth-order valence-corrected chi connectivity index (χ4v) is 4.05. The summed E-state index contributed by atoms with van der Waals surface area (Å²) in [6.45, 7) is 4.61. The van der Waals surface area contributed by atoms with E-state index in [1.54, 1.807) is 7.05 Å². The Morgan fingerprint density at radius 2 is 2.00 bits per heavy atom. The van der Waals surface area contributed by atoms with Crippen molar-refractivity contribution in [3.63, 3.8) is 0 Å². The van der Waals surface area contributed by atoms with Crippen molar-refractivity contribution in [2.24, 2.45) is 5.92 Å². The highest BCUT2D eigenvalue weighted by Crippen LogP contribution is 2.24. The van der Waals surface area contributed by atoms with Gasteiger partial charge in [-0.1, -0.05) is 18.2 Å². The third-order valence-corrected chi connectivity index (χ3v) is 5.62. The maximum absolute atomic E-state index is 11.4. The number of carbonyl (C=O) groups is 1. The number of thioether (sulfide) groups is 1. The van der Waals surface area contributed by atoms with E-state index >= 15 is 0 Å². The predicted molar refractivity (Wildman–Crippen MR) is 94.2 cm³/mol. The lowest BCUT2D eigenvalue weighted by Crippen LogP contribution is -2.41. The second kappa shape index (κ2) is 9.21. The van der Waals surface area contributed by atoms with E-state index in [1.165, 1.54) is 17.1 Å². The van der Waals surface area contributed by atoms with Crippen LogP contribution in [0.2, 0.25) is 0 Å². The largest absolute Gasteiger partial charge is 0.359 e. The van der Waals surface area contributed by atoms with Crippen LogP contribution in [0, 0.1) is 5.92 Å². The van der Waals surface area contributed by atoms with Crippen molar-refractivity contribution >= 4 is 17.7 Å². The highest BCUT2D eigenvalue weighted by Gasteiger charge is 2.23. The van der Waals surface area contributed by atoms with Crippen LogP contribution in [-0.4, -0.2) is 42.7 Å². The molecule has 0 unspecified atom stereocenters. The summed E-state index contributed by atoms with van der Waals surface area (Å²) in [5.41, 5.74) is 0. The van der Waals surface area contributed by atoms with Crippen molar-refractivity contribution in [2.75, 3.05) is 25.9 Å². The molecule has 3 nitrogen and oxygen atoms in total. The molecule has 0 aromatic heterocycles. The minimum absolute atomic E-state index is 0.186. The molecule has 1 aromatic rings. The van der Waals surface area contributed by atoms with Gasteiger partial charge in [0.15, 0.2) is 0 Å². The number of amides is 1. The zero-order valence-corrected chi connectivity index (χ0v) is 14.6. The first-order valence-corrected chi connectivity index (χ1v) is 9.30. The van der Waals surface area contributed by atoms with Crippen LogP contribution in [0.3, 0.4) is 0 Å². The molecule has 1 aromatic carbocycles. The standard InChI is InChI=1S/C18H28N2OS/c1-15(10-13-22-17-6-4-3-5-7-17)20-11-8-16(9-12-20)14-18(21)19-2/h3-7,15-16H,8-14H2,1-2H3,(H,19,21)/t15-/m1/s1. The first-order valence-electron chi connectivity index (χ1n) is 8.31. The number of benzene rings is 1. The molecule has 1 atom stereocenters. The lowest BCUT2D eigenvalue weighted by molar-refractivity contribution is -0.121. The fourth-order valence-electron chi connectivity index (χ4n) is 3.01. The minimum atomic E-state index is 0.186. The number of rotatable bonds is 7. The van der Waals surface area contributed by atoms with Crippen molar-refractivity contribution in [1.82, 2.24) is 10.2 Å². The average Bonchev–Trinajstić information content (AvgIpc) is 2.56. The van der Waals surface area contributed by atoms with Gasteiger partial charge in [0.1, 0.15) is 0 Å². The van der Waals surface area contributed by atoms with Crippen LogP contribution in [0.1, 0.15) is 32.6 Å². The highest BCUT2D eigenvalue weighted by molar-refractivity contribution is 7.99. The van der Waals surface area contributed by atoms with Gasteiger partial charge in [-0.3, -0.25) is 4.79 Å². The monoisotopic (exact) mass is 320 g/mol. The van der Waals surface area contributed by atoms with E-state index in [2.05, 4.69) is 47.5 Å². The van der Waals surface area contributed by atoms with Gasteiger partial charge in [-0.15, -0.1) is 11.8 Å². The fraction of sp³-hybridized carbons (Fsp3) is 0.611. The molecule has 1 amide bonds. The third-order valence-electron chi connectivity index (χ3n) is 4.57. The Kier molecular flexibility index (Phi) is 7.26. The molecule has 0 spiro atoms. The minimum Gasteiger partial charge on any atom is -0.359 e. The molecule has 0 radical (unpaired) electrons. The van der Waals surface area contributed by atoms with Crippen LogP contribution >= 0.6 is 11.8 Å². The Labute approximate surface area is 138 Å². The molecule has 1 heterocycles. The van der Waals surface area contributed by atoms with Gasteiger partial charge in [-0.2, -0.15) is 0 Å². The van der Waals surface area contributed by atoms with Crippen LogP contribution in [0.5, 0.6) is 0 Å². The van der Waals surface area contributed by atoms with Gasteiger partial charge >= 0.3 is 0 Å². The van der Waals surface area contributed by atoms with E-state index in [4.69, 9.17) is 0 Å². The van der Waals surface area contributed by atoms with E-state index < -0.39 is 0 Å². The second-order valence-corrected chi connectivity index (χ2v) is 7.32. The first kappa shape index (κ1) is 17.4. The van der Waals surface area contributed by atoms with Crippen molar-refractivity contribution in [2.45, 2.75) is 43.5 Å². The number of hydrogen-bond donors (Lipinski definition) is 1. The summed E-state index contributed by atoms with van der Waals surface area (Å²) in [7, 11) is 1.73. The molecule has 1 saturated heterocycles. The van der Waals surface area contributed by atoms with E-state index in [9.17, 15) is 4.79 Å². The molecule has 0 aliphatic carbocycles. The Morgan fingerprint density at radius 3 is 2.64 bits per heavy atom. The Hall–Kier alpha value is -1.00. The number of likely N-dealkylation sites (tertiary alicyclic amines) is 1. The number of carbonyl (C=O) groups excluding carboxylic acids is 1. The highest BCUT2D eigenvalue weighted by atomic mass is 32.2. The molecule has 1 aliphatic heterocycles. The van der Waals surface area contributed by atoms with Gasteiger partial charge < -0.3 is 10.2 Å². The lowest BCUT2D eigenvalue weighted by atomic mass is 9.92. The summed E-state index contributed by atoms with van der Waals surface area (Å²) in [5, 5.41) is 2.73. The zero-order valence-electron chi connectivity index (χ0n) is 13.8. The second-order valence-electron chi connectivity index (χ2n) is 6.16. The van der Waals surface area contributed by atoms with Gasteiger partial charge in [0, 0.05) is 24.4 Å².